The van der Waals surface area contributed by atoms with Crippen LogP contribution in [0.4, 0.5) is 0 Å². The topological polar surface area (TPSA) is 48.9 Å². The lowest BCUT2D eigenvalue weighted by Gasteiger charge is -2.22. The van der Waals surface area contributed by atoms with Gasteiger partial charge in [0.25, 0.3) is 0 Å². The summed E-state index contributed by atoms with van der Waals surface area (Å²) in [5, 5.41) is 6.95. The molecule has 0 radical (unpaired) electrons. The lowest BCUT2D eigenvalue weighted by molar-refractivity contribution is 0.0992. The molecule has 2 bridgehead atoms. The molecule has 5 nitrogen and oxygen atoms in total. The lowest BCUT2D eigenvalue weighted by atomic mass is 9.96. The number of nitrogens with one attached hydrogen (secondary N) is 2. The minimum absolute atomic E-state index is 0.361. The zero-order valence-corrected chi connectivity index (χ0v) is 15.1. The van der Waals surface area contributed by atoms with E-state index in [1.165, 1.54) is 24.0 Å². The van der Waals surface area contributed by atoms with Crippen molar-refractivity contribution in [1.82, 2.24) is 15.5 Å². The van der Waals surface area contributed by atoms with E-state index < -0.39 is 0 Å². The summed E-state index contributed by atoms with van der Waals surface area (Å²) in [6.07, 6.45) is 4.31. The first-order chi connectivity index (χ1) is 11.7. The maximum absolute atomic E-state index is 5.94. The molecule has 3 rings (SSSR count). The van der Waals surface area contributed by atoms with Crippen LogP contribution in [0.25, 0.3) is 0 Å². The van der Waals surface area contributed by atoms with Gasteiger partial charge in [-0.1, -0.05) is 24.3 Å². The molecule has 2 fully saturated rings. The summed E-state index contributed by atoms with van der Waals surface area (Å²) in [7, 11) is 4.20. The van der Waals surface area contributed by atoms with Crippen LogP contribution < -0.4 is 10.6 Å². The Bertz CT molecular complexity index is 572. The summed E-state index contributed by atoms with van der Waals surface area (Å²) < 4.78 is 5.94. The van der Waals surface area contributed by atoms with Crippen molar-refractivity contribution in [3.8, 4) is 0 Å². The van der Waals surface area contributed by atoms with Crippen molar-refractivity contribution in [3.05, 3.63) is 35.4 Å². The zero-order valence-electron chi connectivity index (χ0n) is 15.1. The second-order valence-corrected chi connectivity index (χ2v) is 7.06. The highest BCUT2D eigenvalue weighted by molar-refractivity contribution is 5.80. The third kappa shape index (κ3) is 4.28. The van der Waals surface area contributed by atoms with E-state index in [0.29, 0.717) is 24.8 Å². The summed E-state index contributed by atoms with van der Waals surface area (Å²) >= 11 is 0. The summed E-state index contributed by atoms with van der Waals surface area (Å²) in [5.41, 5.74) is 2.62. The van der Waals surface area contributed by atoms with Crippen LogP contribution >= 0.6 is 0 Å². The number of nitrogens with zero attached hydrogens (tertiary/aromatic N) is 2. The number of fused-ring (bicyclic) bond motifs is 2. The van der Waals surface area contributed by atoms with Crippen LogP contribution in [0.5, 0.6) is 0 Å². The van der Waals surface area contributed by atoms with Crippen LogP contribution in [0.15, 0.2) is 29.3 Å². The minimum atomic E-state index is 0.361. The fourth-order valence-electron chi connectivity index (χ4n) is 3.66. The van der Waals surface area contributed by atoms with Gasteiger partial charge in [-0.25, -0.2) is 4.99 Å². The van der Waals surface area contributed by atoms with Crippen molar-refractivity contribution in [1.29, 1.82) is 0 Å². The molecule has 132 valence electrons. The van der Waals surface area contributed by atoms with Crippen molar-refractivity contribution in [2.75, 3.05) is 20.6 Å². The fraction of sp³-hybridized carbons (Fsp3) is 0.632. The number of guanidine groups is 1. The van der Waals surface area contributed by atoms with Gasteiger partial charge in [-0.3, -0.25) is 0 Å². The number of aliphatic imine (C=N–C) groups is 1. The Kier molecular flexibility index (Phi) is 5.74. The summed E-state index contributed by atoms with van der Waals surface area (Å²) in [4.78, 5) is 7.01. The highest BCUT2D eigenvalue weighted by Crippen LogP contribution is 2.34. The van der Waals surface area contributed by atoms with E-state index in [4.69, 9.17) is 9.73 Å². The van der Waals surface area contributed by atoms with Crippen LogP contribution in [0.3, 0.4) is 0 Å². The van der Waals surface area contributed by atoms with Crippen LogP contribution in [0.1, 0.15) is 37.3 Å². The third-order valence-corrected chi connectivity index (χ3v) is 4.78. The number of hydrogen-bond acceptors (Lipinski definition) is 3. The molecule has 3 unspecified atom stereocenters. The average molecular weight is 330 g/mol. The van der Waals surface area contributed by atoms with Crippen LogP contribution in [-0.2, 0) is 17.8 Å². The van der Waals surface area contributed by atoms with E-state index >= 15 is 0 Å². The van der Waals surface area contributed by atoms with Crippen molar-refractivity contribution >= 4 is 5.96 Å². The maximum atomic E-state index is 5.94. The first kappa shape index (κ1) is 17.2. The smallest absolute Gasteiger partial charge is 0.191 e. The molecule has 2 N–H and O–H groups in total. The number of hydrogen-bond donors (Lipinski definition) is 2. The van der Waals surface area contributed by atoms with Gasteiger partial charge in [0.2, 0.25) is 0 Å². The normalized spacial score (nSPS) is 26.2. The molecule has 1 aromatic carbocycles. The van der Waals surface area contributed by atoms with Crippen molar-refractivity contribution < 1.29 is 4.74 Å². The van der Waals surface area contributed by atoms with Crippen molar-refractivity contribution in [2.24, 2.45) is 4.99 Å². The van der Waals surface area contributed by atoms with Gasteiger partial charge in [0, 0.05) is 13.1 Å². The number of rotatable bonds is 6. The molecule has 0 saturated carbocycles. The van der Waals surface area contributed by atoms with Gasteiger partial charge >= 0.3 is 0 Å². The Balaban J connectivity index is 1.65. The fourth-order valence-corrected chi connectivity index (χ4v) is 3.66. The van der Waals surface area contributed by atoms with Gasteiger partial charge in [0.05, 0.1) is 24.8 Å². The van der Waals surface area contributed by atoms with Crippen LogP contribution in [-0.4, -0.2) is 49.7 Å². The molecule has 2 aliphatic rings. The number of benzene rings is 1. The van der Waals surface area contributed by atoms with Crippen molar-refractivity contribution in [3.63, 3.8) is 0 Å². The van der Waals surface area contributed by atoms with Gasteiger partial charge in [-0.05, 0) is 51.4 Å². The van der Waals surface area contributed by atoms with E-state index in [1.54, 1.807) is 0 Å². The quantitative estimate of drug-likeness (QED) is 0.620. The molecule has 5 heteroatoms. The SMILES string of the molecule is CCNC(=NCc1ccccc1CN(C)C)NC1CC2CCC1O2. The summed E-state index contributed by atoms with van der Waals surface area (Å²) in [6.45, 7) is 4.61. The molecular weight excluding hydrogens is 300 g/mol. The second kappa shape index (κ2) is 7.99. The van der Waals surface area contributed by atoms with E-state index in [0.717, 1.165) is 25.5 Å². The molecule has 3 atom stereocenters. The Hall–Kier alpha value is -1.59. The first-order valence-corrected chi connectivity index (χ1v) is 9.07. The van der Waals surface area contributed by atoms with Gasteiger partial charge in [0.1, 0.15) is 0 Å². The molecule has 2 saturated heterocycles. The predicted molar refractivity (Wildman–Crippen MR) is 98.1 cm³/mol. The average Bonchev–Trinajstić information content (AvgIpc) is 3.16. The number of ether oxygens (including phenoxy) is 1. The predicted octanol–water partition coefficient (Wildman–Crippen LogP) is 2.12. The molecule has 2 heterocycles. The molecule has 24 heavy (non-hydrogen) atoms. The Morgan fingerprint density at radius 3 is 2.67 bits per heavy atom. The molecule has 0 amide bonds. The standard InChI is InChI=1S/C19H30N4O/c1-4-20-19(22-17-11-16-9-10-18(17)24-16)21-12-14-7-5-6-8-15(14)13-23(2)3/h5-8,16-18H,4,9-13H2,1-3H3,(H2,20,21,22). The largest absolute Gasteiger partial charge is 0.373 e. The summed E-state index contributed by atoms with van der Waals surface area (Å²) in [6, 6.07) is 8.95. The van der Waals surface area contributed by atoms with Crippen molar-refractivity contribution in [2.45, 2.75) is 57.5 Å². The molecule has 0 aliphatic carbocycles. The second-order valence-electron chi connectivity index (χ2n) is 7.06. The lowest BCUT2D eigenvalue weighted by Crippen LogP contribution is -2.47. The molecule has 0 aromatic heterocycles. The van der Waals surface area contributed by atoms with E-state index in [9.17, 15) is 0 Å². The third-order valence-electron chi connectivity index (χ3n) is 4.78. The van der Waals surface area contributed by atoms with E-state index in [1.807, 2.05) is 0 Å². The molecule has 1 aromatic rings. The van der Waals surface area contributed by atoms with E-state index in [2.05, 4.69) is 60.8 Å². The molecule has 2 aliphatic heterocycles. The monoisotopic (exact) mass is 330 g/mol. The Labute approximate surface area is 145 Å². The van der Waals surface area contributed by atoms with Gasteiger partial charge < -0.3 is 20.3 Å². The minimum Gasteiger partial charge on any atom is -0.373 e. The van der Waals surface area contributed by atoms with Gasteiger partial charge in [-0.15, -0.1) is 0 Å². The van der Waals surface area contributed by atoms with Crippen LogP contribution in [0, 0.1) is 0 Å². The molecule has 0 spiro atoms. The van der Waals surface area contributed by atoms with Gasteiger partial charge in [-0.2, -0.15) is 0 Å². The Morgan fingerprint density at radius 1 is 1.25 bits per heavy atom. The van der Waals surface area contributed by atoms with Gasteiger partial charge in [0.15, 0.2) is 5.96 Å². The van der Waals surface area contributed by atoms with E-state index in [-0.39, 0.29) is 0 Å². The molecular formula is C19H30N4O. The summed E-state index contributed by atoms with van der Waals surface area (Å²) in [5.74, 6) is 0.901. The maximum Gasteiger partial charge on any atom is 0.191 e. The Morgan fingerprint density at radius 2 is 2.04 bits per heavy atom. The first-order valence-electron chi connectivity index (χ1n) is 9.07. The zero-order chi connectivity index (χ0) is 16.9. The highest BCUT2D eigenvalue weighted by atomic mass is 16.5. The van der Waals surface area contributed by atoms with Crippen LogP contribution in [0.2, 0.25) is 0 Å². The highest BCUT2D eigenvalue weighted by Gasteiger charge is 2.41.